The lowest BCUT2D eigenvalue weighted by molar-refractivity contribution is 0.0695. The SMILES string of the molecule is Cn1ncc(C(=O)O)c1CNCC1CCCC1. The van der Waals surface area contributed by atoms with Crippen LogP contribution in [-0.2, 0) is 13.6 Å². The van der Waals surface area contributed by atoms with E-state index in [1.165, 1.54) is 31.9 Å². The van der Waals surface area contributed by atoms with E-state index in [4.69, 9.17) is 5.11 Å². The first-order chi connectivity index (χ1) is 8.18. The van der Waals surface area contributed by atoms with Crippen molar-refractivity contribution in [2.24, 2.45) is 13.0 Å². The second-order valence-electron chi connectivity index (χ2n) is 4.72. The standard InChI is InChI=1S/C12H19N3O2/c1-15-11(10(7-14-15)12(16)17)8-13-6-9-4-2-3-5-9/h7,9,13H,2-6,8H2,1H3,(H,16,17). The molecule has 5 heteroatoms. The van der Waals surface area contributed by atoms with Gasteiger partial charge in [-0.3, -0.25) is 4.68 Å². The summed E-state index contributed by atoms with van der Waals surface area (Å²) in [5, 5.41) is 16.3. The molecule has 0 spiro atoms. The molecular weight excluding hydrogens is 218 g/mol. The van der Waals surface area contributed by atoms with E-state index in [0.29, 0.717) is 12.1 Å². The van der Waals surface area contributed by atoms with Crippen molar-refractivity contribution >= 4 is 5.97 Å². The van der Waals surface area contributed by atoms with Crippen LogP contribution in [0.15, 0.2) is 6.20 Å². The molecule has 94 valence electrons. The van der Waals surface area contributed by atoms with Gasteiger partial charge in [-0.2, -0.15) is 5.10 Å². The third kappa shape index (κ3) is 2.85. The third-order valence-corrected chi connectivity index (χ3v) is 3.49. The minimum atomic E-state index is -0.907. The highest BCUT2D eigenvalue weighted by molar-refractivity contribution is 5.88. The van der Waals surface area contributed by atoms with Crippen LogP contribution in [0.25, 0.3) is 0 Å². The highest BCUT2D eigenvalue weighted by atomic mass is 16.4. The molecule has 0 aromatic carbocycles. The molecule has 0 bridgehead atoms. The fraction of sp³-hybridized carbons (Fsp3) is 0.667. The fourth-order valence-corrected chi connectivity index (χ4v) is 2.46. The molecular formula is C12H19N3O2. The zero-order valence-corrected chi connectivity index (χ0v) is 10.1. The predicted molar refractivity (Wildman–Crippen MR) is 63.8 cm³/mol. The van der Waals surface area contributed by atoms with Crippen molar-refractivity contribution in [1.29, 1.82) is 0 Å². The monoisotopic (exact) mass is 237 g/mol. The Morgan fingerprint density at radius 2 is 2.29 bits per heavy atom. The first kappa shape index (κ1) is 12.1. The number of hydrogen-bond acceptors (Lipinski definition) is 3. The van der Waals surface area contributed by atoms with Crippen LogP contribution in [0.1, 0.15) is 41.7 Å². The van der Waals surface area contributed by atoms with Crippen LogP contribution < -0.4 is 5.32 Å². The van der Waals surface area contributed by atoms with Crippen LogP contribution in [-0.4, -0.2) is 27.4 Å². The van der Waals surface area contributed by atoms with Gasteiger partial charge in [0, 0.05) is 13.6 Å². The molecule has 5 nitrogen and oxygen atoms in total. The van der Waals surface area contributed by atoms with E-state index in [-0.39, 0.29) is 0 Å². The fourth-order valence-electron chi connectivity index (χ4n) is 2.46. The number of nitrogens with zero attached hydrogens (tertiary/aromatic N) is 2. The largest absolute Gasteiger partial charge is 0.478 e. The molecule has 17 heavy (non-hydrogen) atoms. The molecule has 1 saturated carbocycles. The van der Waals surface area contributed by atoms with Gasteiger partial charge in [-0.15, -0.1) is 0 Å². The summed E-state index contributed by atoms with van der Waals surface area (Å²) in [6, 6.07) is 0. The highest BCUT2D eigenvalue weighted by Crippen LogP contribution is 2.23. The zero-order valence-electron chi connectivity index (χ0n) is 10.1. The average molecular weight is 237 g/mol. The summed E-state index contributed by atoms with van der Waals surface area (Å²) in [5.74, 6) is -0.146. The first-order valence-electron chi connectivity index (χ1n) is 6.13. The Labute approximate surface area is 101 Å². The van der Waals surface area contributed by atoms with Crippen molar-refractivity contribution in [3.05, 3.63) is 17.5 Å². The van der Waals surface area contributed by atoms with Crippen molar-refractivity contribution in [2.45, 2.75) is 32.2 Å². The number of carboxylic acids is 1. The van der Waals surface area contributed by atoms with Gasteiger partial charge in [0.2, 0.25) is 0 Å². The summed E-state index contributed by atoms with van der Waals surface area (Å²) in [7, 11) is 1.78. The summed E-state index contributed by atoms with van der Waals surface area (Å²) >= 11 is 0. The lowest BCUT2D eigenvalue weighted by Gasteiger charge is -2.11. The van der Waals surface area contributed by atoms with E-state index in [2.05, 4.69) is 10.4 Å². The molecule has 0 aliphatic heterocycles. The van der Waals surface area contributed by atoms with E-state index in [9.17, 15) is 4.79 Å². The van der Waals surface area contributed by atoms with Crippen LogP contribution >= 0.6 is 0 Å². The smallest absolute Gasteiger partial charge is 0.339 e. The minimum Gasteiger partial charge on any atom is -0.478 e. The van der Waals surface area contributed by atoms with E-state index >= 15 is 0 Å². The maximum absolute atomic E-state index is 11.0. The summed E-state index contributed by atoms with van der Waals surface area (Å²) < 4.78 is 1.63. The Kier molecular flexibility index (Phi) is 3.78. The molecule has 1 heterocycles. The van der Waals surface area contributed by atoms with Crippen molar-refractivity contribution < 1.29 is 9.90 Å². The molecule has 1 aromatic heterocycles. The number of aryl methyl sites for hydroxylation is 1. The number of nitrogens with one attached hydrogen (secondary N) is 1. The second kappa shape index (κ2) is 5.31. The lowest BCUT2D eigenvalue weighted by atomic mass is 10.1. The third-order valence-electron chi connectivity index (χ3n) is 3.49. The van der Waals surface area contributed by atoms with E-state index < -0.39 is 5.97 Å². The number of rotatable bonds is 5. The van der Waals surface area contributed by atoms with Crippen LogP contribution in [0, 0.1) is 5.92 Å². The average Bonchev–Trinajstić information content (AvgIpc) is 2.89. The zero-order chi connectivity index (χ0) is 12.3. The van der Waals surface area contributed by atoms with Crippen LogP contribution in [0.3, 0.4) is 0 Å². The van der Waals surface area contributed by atoms with Crippen LogP contribution in [0.4, 0.5) is 0 Å². The van der Waals surface area contributed by atoms with Crippen molar-refractivity contribution in [3.63, 3.8) is 0 Å². The van der Waals surface area contributed by atoms with Gasteiger partial charge < -0.3 is 10.4 Å². The second-order valence-corrected chi connectivity index (χ2v) is 4.72. The van der Waals surface area contributed by atoms with Gasteiger partial charge in [0.1, 0.15) is 5.56 Å². The molecule has 2 rings (SSSR count). The van der Waals surface area contributed by atoms with Gasteiger partial charge in [-0.05, 0) is 25.3 Å². The van der Waals surface area contributed by atoms with Crippen molar-refractivity contribution in [2.75, 3.05) is 6.54 Å². The molecule has 2 N–H and O–H groups in total. The maximum atomic E-state index is 11.0. The Morgan fingerprint density at radius 3 is 2.94 bits per heavy atom. The van der Waals surface area contributed by atoms with Gasteiger partial charge in [0.25, 0.3) is 0 Å². The minimum absolute atomic E-state index is 0.298. The van der Waals surface area contributed by atoms with Crippen LogP contribution in [0.2, 0.25) is 0 Å². The van der Waals surface area contributed by atoms with Gasteiger partial charge in [-0.25, -0.2) is 4.79 Å². The normalized spacial score (nSPS) is 16.5. The maximum Gasteiger partial charge on any atom is 0.339 e. The van der Waals surface area contributed by atoms with Gasteiger partial charge >= 0.3 is 5.97 Å². The van der Waals surface area contributed by atoms with Crippen LogP contribution in [0.5, 0.6) is 0 Å². The number of hydrogen-bond donors (Lipinski definition) is 2. The summed E-state index contributed by atoms with van der Waals surface area (Å²) in [6.45, 7) is 1.55. The van der Waals surface area contributed by atoms with Gasteiger partial charge in [-0.1, -0.05) is 12.8 Å². The molecule has 0 unspecified atom stereocenters. The molecule has 0 radical (unpaired) electrons. The van der Waals surface area contributed by atoms with Crippen molar-refractivity contribution in [3.8, 4) is 0 Å². The Hall–Kier alpha value is -1.36. The summed E-state index contributed by atoms with van der Waals surface area (Å²) in [5.41, 5.74) is 1.04. The molecule has 1 aromatic rings. The van der Waals surface area contributed by atoms with Gasteiger partial charge in [0.15, 0.2) is 0 Å². The van der Waals surface area contributed by atoms with E-state index in [1.807, 2.05) is 0 Å². The number of carboxylic acid groups (broad SMARTS) is 1. The summed E-state index contributed by atoms with van der Waals surface area (Å²) in [4.78, 5) is 11.0. The van der Waals surface area contributed by atoms with E-state index in [0.717, 1.165) is 18.2 Å². The number of carbonyl (C=O) groups is 1. The van der Waals surface area contributed by atoms with Crippen molar-refractivity contribution in [1.82, 2.24) is 15.1 Å². The molecule has 1 fully saturated rings. The molecule has 0 atom stereocenters. The molecule has 0 saturated heterocycles. The lowest BCUT2D eigenvalue weighted by Crippen LogP contribution is -2.23. The molecule has 1 aliphatic carbocycles. The Bertz CT molecular complexity index is 394. The highest BCUT2D eigenvalue weighted by Gasteiger charge is 2.17. The predicted octanol–water partition coefficient (Wildman–Crippen LogP) is 1.40. The van der Waals surface area contributed by atoms with E-state index in [1.54, 1.807) is 11.7 Å². The number of aromatic carboxylic acids is 1. The quantitative estimate of drug-likeness (QED) is 0.812. The topological polar surface area (TPSA) is 67.2 Å². The first-order valence-corrected chi connectivity index (χ1v) is 6.13. The Balaban J connectivity index is 1.89. The number of aromatic nitrogens is 2. The molecule has 0 amide bonds. The van der Waals surface area contributed by atoms with Gasteiger partial charge in [0.05, 0.1) is 11.9 Å². The summed E-state index contributed by atoms with van der Waals surface area (Å²) in [6.07, 6.45) is 6.67. The molecule has 1 aliphatic rings. The Morgan fingerprint density at radius 1 is 1.59 bits per heavy atom.